The summed E-state index contributed by atoms with van der Waals surface area (Å²) in [4.78, 5) is 4.68. The van der Waals surface area contributed by atoms with E-state index in [1.807, 2.05) is 23.4 Å². The van der Waals surface area contributed by atoms with Crippen molar-refractivity contribution in [3.05, 3.63) is 12.2 Å². The van der Waals surface area contributed by atoms with Crippen LogP contribution in [0.25, 0.3) is 0 Å². The number of amidine groups is 1. The maximum Gasteiger partial charge on any atom is 0.157 e. The molecule has 2 aliphatic rings. The van der Waals surface area contributed by atoms with Gasteiger partial charge in [0.05, 0.1) is 0 Å². The maximum absolute atomic E-state index is 4.68. The molecular formula is C13H21N5S. The number of rotatable bonds is 3. The first-order chi connectivity index (χ1) is 9.27. The Morgan fingerprint density at radius 1 is 1.42 bits per heavy atom. The summed E-state index contributed by atoms with van der Waals surface area (Å²) in [6.45, 7) is 0.790. The van der Waals surface area contributed by atoms with Gasteiger partial charge in [0.25, 0.3) is 0 Å². The number of hydrogen-bond acceptors (Lipinski definition) is 4. The van der Waals surface area contributed by atoms with Gasteiger partial charge in [0.1, 0.15) is 12.2 Å². The molecular weight excluding hydrogens is 258 g/mol. The highest BCUT2D eigenvalue weighted by Gasteiger charge is 2.37. The molecule has 0 atom stereocenters. The molecule has 3 rings (SSSR count). The van der Waals surface area contributed by atoms with Gasteiger partial charge in [-0.3, -0.25) is 4.99 Å². The Balaban J connectivity index is 1.53. The average Bonchev–Trinajstić information content (AvgIpc) is 2.99. The van der Waals surface area contributed by atoms with Crippen LogP contribution in [0.4, 0.5) is 0 Å². The third-order valence-corrected chi connectivity index (χ3v) is 5.27. The minimum Gasteiger partial charge on any atom is -0.359 e. The van der Waals surface area contributed by atoms with Gasteiger partial charge in [-0.1, -0.05) is 31.0 Å². The normalized spacial score (nSPS) is 23.9. The summed E-state index contributed by atoms with van der Waals surface area (Å²) in [7, 11) is 1.97. The van der Waals surface area contributed by atoms with Crippen molar-refractivity contribution in [1.82, 2.24) is 20.1 Å². The maximum atomic E-state index is 4.68. The quantitative estimate of drug-likeness (QED) is 0.916. The van der Waals surface area contributed by atoms with Crippen molar-refractivity contribution in [1.29, 1.82) is 0 Å². The van der Waals surface area contributed by atoms with E-state index in [1.54, 1.807) is 6.33 Å². The summed E-state index contributed by atoms with van der Waals surface area (Å²) in [5, 5.41) is 12.8. The largest absolute Gasteiger partial charge is 0.359 e. The van der Waals surface area contributed by atoms with Crippen LogP contribution in [-0.4, -0.2) is 37.8 Å². The van der Waals surface area contributed by atoms with Crippen molar-refractivity contribution in [3.8, 4) is 0 Å². The zero-order valence-corrected chi connectivity index (χ0v) is 12.2. The van der Waals surface area contributed by atoms with E-state index in [2.05, 4.69) is 20.5 Å². The topological polar surface area (TPSA) is 55.1 Å². The molecule has 6 heteroatoms. The molecule has 1 aliphatic heterocycles. The van der Waals surface area contributed by atoms with Crippen LogP contribution in [0.2, 0.25) is 0 Å². The van der Waals surface area contributed by atoms with Crippen LogP contribution in [-0.2, 0) is 13.5 Å². The lowest BCUT2D eigenvalue weighted by Gasteiger charge is -2.32. The molecule has 0 radical (unpaired) electrons. The molecule has 1 N–H and O–H groups in total. The first kappa shape index (κ1) is 13.0. The Kier molecular flexibility index (Phi) is 3.77. The van der Waals surface area contributed by atoms with E-state index < -0.39 is 0 Å². The van der Waals surface area contributed by atoms with Crippen molar-refractivity contribution in [2.45, 2.75) is 44.1 Å². The van der Waals surface area contributed by atoms with Crippen molar-refractivity contribution in [2.75, 3.05) is 12.3 Å². The molecule has 19 heavy (non-hydrogen) atoms. The molecule has 1 saturated heterocycles. The number of nitrogens with one attached hydrogen (secondary N) is 1. The minimum atomic E-state index is 0.354. The Morgan fingerprint density at radius 2 is 2.26 bits per heavy atom. The summed E-state index contributed by atoms with van der Waals surface area (Å²) < 4.78 is 1.96. The van der Waals surface area contributed by atoms with Gasteiger partial charge in [-0.25, -0.2) is 0 Å². The van der Waals surface area contributed by atoms with Gasteiger partial charge >= 0.3 is 0 Å². The van der Waals surface area contributed by atoms with Crippen molar-refractivity contribution in [2.24, 2.45) is 12.0 Å². The zero-order chi connectivity index (χ0) is 13.1. The molecule has 1 aliphatic carbocycles. The summed E-state index contributed by atoms with van der Waals surface area (Å²) >= 11 is 1.89. The van der Waals surface area contributed by atoms with Gasteiger partial charge < -0.3 is 9.88 Å². The fourth-order valence-corrected chi connectivity index (χ4v) is 4.12. The average molecular weight is 279 g/mol. The first-order valence-electron chi connectivity index (χ1n) is 7.06. The molecule has 1 saturated carbocycles. The summed E-state index contributed by atoms with van der Waals surface area (Å²) in [6, 6.07) is 0. The van der Waals surface area contributed by atoms with Gasteiger partial charge in [0, 0.05) is 31.3 Å². The predicted molar refractivity (Wildman–Crippen MR) is 78.4 cm³/mol. The van der Waals surface area contributed by atoms with Crippen LogP contribution in [0.3, 0.4) is 0 Å². The molecule has 1 aromatic rings. The highest BCUT2D eigenvalue weighted by Crippen LogP contribution is 2.36. The van der Waals surface area contributed by atoms with Crippen molar-refractivity contribution >= 4 is 16.9 Å². The minimum absolute atomic E-state index is 0.354. The lowest BCUT2D eigenvalue weighted by Crippen LogP contribution is -2.45. The van der Waals surface area contributed by atoms with E-state index in [1.165, 1.54) is 37.9 Å². The van der Waals surface area contributed by atoms with Gasteiger partial charge in [0.2, 0.25) is 0 Å². The third kappa shape index (κ3) is 2.94. The molecule has 0 bridgehead atoms. The zero-order valence-electron chi connectivity index (χ0n) is 11.4. The number of thioether (sulfide) groups is 1. The fraction of sp³-hybridized carbons (Fsp3) is 0.769. The van der Waals surface area contributed by atoms with Crippen LogP contribution < -0.4 is 5.32 Å². The number of aliphatic imine (C=N–C) groups is 1. The second kappa shape index (κ2) is 5.53. The monoisotopic (exact) mass is 279 g/mol. The van der Waals surface area contributed by atoms with Crippen LogP contribution in [0, 0.1) is 0 Å². The molecule has 2 fully saturated rings. The Labute approximate surface area is 118 Å². The Bertz CT molecular complexity index is 461. The molecule has 1 spiro atoms. The molecule has 0 unspecified atom stereocenters. The molecule has 5 nitrogen and oxygen atoms in total. The lowest BCUT2D eigenvalue weighted by molar-refractivity contribution is 0.303. The van der Waals surface area contributed by atoms with Crippen LogP contribution in [0.15, 0.2) is 11.3 Å². The van der Waals surface area contributed by atoms with Crippen LogP contribution in [0.1, 0.15) is 37.9 Å². The second-order valence-electron chi connectivity index (χ2n) is 5.55. The molecule has 104 valence electrons. The van der Waals surface area contributed by atoms with Gasteiger partial charge in [-0.15, -0.1) is 10.2 Å². The van der Waals surface area contributed by atoms with E-state index in [9.17, 15) is 0 Å². The molecule has 0 aromatic carbocycles. The van der Waals surface area contributed by atoms with E-state index >= 15 is 0 Å². The van der Waals surface area contributed by atoms with E-state index in [0.717, 1.165) is 24.0 Å². The second-order valence-corrected chi connectivity index (χ2v) is 6.51. The lowest BCUT2D eigenvalue weighted by atomic mass is 9.83. The third-order valence-electron chi connectivity index (χ3n) is 4.06. The highest BCUT2D eigenvalue weighted by atomic mass is 32.2. The standard InChI is InChI=1S/C13H21N5S/c1-18-10-15-17-11(18)5-8-14-12-16-13(9-19-12)6-3-2-4-7-13/h10H,2-9H2,1H3,(H,14,16). The van der Waals surface area contributed by atoms with Crippen molar-refractivity contribution in [3.63, 3.8) is 0 Å². The van der Waals surface area contributed by atoms with Crippen LogP contribution >= 0.6 is 11.8 Å². The fourth-order valence-electron chi connectivity index (χ4n) is 2.88. The first-order valence-corrected chi connectivity index (χ1v) is 8.04. The molecule has 1 aromatic heterocycles. The predicted octanol–water partition coefficient (Wildman–Crippen LogP) is 1.75. The van der Waals surface area contributed by atoms with Gasteiger partial charge in [0.15, 0.2) is 5.17 Å². The smallest absolute Gasteiger partial charge is 0.157 e. The van der Waals surface area contributed by atoms with E-state index in [0.29, 0.717) is 5.54 Å². The summed E-state index contributed by atoms with van der Waals surface area (Å²) in [5.41, 5.74) is 0.354. The SMILES string of the molecule is Cn1cnnc1CCN=C1NC2(CCCCC2)CS1. The number of hydrogen-bond donors (Lipinski definition) is 1. The van der Waals surface area contributed by atoms with Gasteiger partial charge in [-0.05, 0) is 12.8 Å². The summed E-state index contributed by atoms with van der Waals surface area (Å²) in [6.07, 6.45) is 9.33. The number of aromatic nitrogens is 3. The number of nitrogens with zero attached hydrogens (tertiary/aromatic N) is 4. The van der Waals surface area contributed by atoms with Crippen molar-refractivity contribution < 1.29 is 0 Å². The highest BCUT2D eigenvalue weighted by molar-refractivity contribution is 8.14. The Morgan fingerprint density at radius 3 is 3.00 bits per heavy atom. The van der Waals surface area contributed by atoms with E-state index in [4.69, 9.17) is 0 Å². The van der Waals surface area contributed by atoms with E-state index in [-0.39, 0.29) is 0 Å². The van der Waals surface area contributed by atoms with Gasteiger partial charge in [-0.2, -0.15) is 0 Å². The van der Waals surface area contributed by atoms with Crippen LogP contribution in [0.5, 0.6) is 0 Å². The molecule has 2 heterocycles. The molecule has 0 amide bonds. The Hall–Kier alpha value is -1.04. The summed E-state index contributed by atoms with van der Waals surface area (Å²) in [5.74, 6) is 2.19. The number of aryl methyl sites for hydroxylation is 1.